The predicted octanol–water partition coefficient (Wildman–Crippen LogP) is 1.83. The van der Waals surface area contributed by atoms with E-state index in [1.807, 2.05) is 0 Å². The second kappa shape index (κ2) is 5.10. The number of likely N-dealkylation sites (N-methyl/N-ethyl adjacent to an activating group) is 2. The maximum atomic E-state index is 4.57. The monoisotopic (exact) mass is 242 g/mol. The smallest absolute Gasteiger partial charge is 0.205 e. The van der Waals surface area contributed by atoms with Gasteiger partial charge in [-0.05, 0) is 14.1 Å². The topological polar surface area (TPSA) is 32.3 Å². The molecule has 5 heteroatoms. The van der Waals surface area contributed by atoms with Crippen molar-refractivity contribution in [1.29, 1.82) is 0 Å². The third-order valence-corrected chi connectivity index (χ3v) is 3.13. The van der Waals surface area contributed by atoms with E-state index in [1.54, 1.807) is 0 Å². The second-order valence-corrected chi connectivity index (χ2v) is 6.11. The number of hydrogen-bond donors (Lipinski definition) is 0. The van der Waals surface area contributed by atoms with Crippen LogP contribution in [0, 0.1) is 0 Å². The molecular weight excluding hydrogens is 220 g/mol. The van der Waals surface area contributed by atoms with Gasteiger partial charge in [0.15, 0.2) is 0 Å². The van der Waals surface area contributed by atoms with Crippen LogP contribution in [0.15, 0.2) is 0 Å². The fourth-order valence-electron chi connectivity index (χ4n) is 1.12. The average molecular weight is 242 g/mol. The number of aromatic nitrogens is 2. The molecule has 0 spiro atoms. The standard InChI is InChI=1S/C11H22N4S/c1-11(2,3)9-12-10(16-13-9)15(6)8-7-14(4)5/h7-8H2,1-6H3. The molecule has 0 saturated carbocycles. The van der Waals surface area contributed by atoms with Gasteiger partial charge in [-0.3, -0.25) is 0 Å². The van der Waals surface area contributed by atoms with Gasteiger partial charge >= 0.3 is 0 Å². The molecule has 0 radical (unpaired) electrons. The molecule has 1 aromatic heterocycles. The molecule has 0 atom stereocenters. The van der Waals surface area contributed by atoms with Crippen LogP contribution in [0.4, 0.5) is 5.13 Å². The quantitative estimate of drug-likeness (QED) is 0.806. The van der Waals surface area contributed by atoms with Crippen molar-refractivity contribution in [3.8, 4) is 0 Å². The first kappa shape index (κ1) is 13.4. The Hall–Kier alpha value is -0.680. The van der Waals surface area contributed by atoms with Crippen molar-refractivity contribution in [2.75, 3.05) is 39.1 Å². The summed E-state index contributed by atoms with van der Waals surface area (Å²) in [7, 11) is 6.22. The summed E-state index contributed by atoms with van der Waals surface area (Å²) < 4.78 is 4.41. The van der Waals surface area contributed by atoms with Gasteiger partial charge in [-0.25, -0.2) is 4.98 Å². The summed E-state index contributed by atoms with van der Waals surface area (Å²) in [5, 5.41) is 1.01. The van der Waals surface area contributed by atoms with Crippen LogP contribution in [0.5, 0.6) is 0 Å². The highest BCUT2D eigenvalue weighted by Crippen LogP contribution is 2.24. The minimum absolute atomic E-state index is 0.0388. The first-order valence-corrected chi connectivity index (χ1v) is 6.28. The zero-order valence-corrected chi connectivity index (χ0v) is 11.9. The maximum absolute atomic E-state index is 4.57. The Kier molecular flexibility index (Phi) is 4.27. The molecule has 16 heavy (non-hydrogen) atoms. The predicted molar refractivity (Wildman–Crippen MR) is 70.4 cm³/mol. The second-order valence-electron chi connectivity index (χ2n) is 5.38. The summed E-state index contributed by atoms with van der Waals surface area (Å²) in [6.07, 6.45) is 0. The lowest BCUT2D eigenvalue weighted by atomic mass is 9.96. The summed E-state index contributed by atoms with van der Waals surface area (Å²) in [6, 6.07) is 0. The third kappa shape index (κ3) is 3.72. The Morgan fingerprint density at radius 2 is 1.75 bits per heavy atom. The molecule has 4 nitrogen and oxygen atoms in total. The van der Waals surface area contributed by atoms with Crippen LogP contribution < -0.4 is 4.90 Å². The molecule has 0 aliphatic heterocycles. The van der Waals surface area contributed by atoms with Crippen molar-refractivity contribution >= 4 is 16.7 Å². The van der Waals surface area contributed by atoms with Crippen molar-refractivity contribution < 1.29 is 0 Å². The van der Waals surface area contributed by atoms with Crippen LogP contribution in [0.25, 0.3) is 0 Å². The SMILES string of the molecule is CN(C)CCN(C)c1nc(C(C)(C)C)ns1. The van der Waals surface area contributed by atoms with Gasteiger partial charge in [0, 0.05) is 37.1 Å². The molecule has 92 valence electrons. The first-order valence-electron chi connectivity index (χ1n) is 5.51. The fourth-order valence-corrected chi connectivity index (χ4v) is 1.96. The van der Waals surface area contributed by atoms with E-state index in [4.69, 9.17) is 0 Å². The highest BCUT2D eigenvalue weighted by molar-refractivity contribution is 7.09. The van der Waals surface area contributed by atoms with E-state index in [2.05, 4.69) is 61.1 Å². The number of hydrogen-bond acceptors (Lipinski definition) is 5. The Balaban J connectivity index is 2.63. The number of anilines is 1. The van der Waals surface area contributed by atoms with E-state index in [0.29, 0.717) is 0 Å². The molecule has 0 unspecified atom stereocenters. The van der Waals surface area contributed by atoms with E-state index < -0.39 is 0 Å². The van der Waals surface area contributed by atoms with Crippen LogP contribution in [0.3, 0.4) is 0 Å². The molecule has 0 bridgehead atoms. The van der Waals surface area contributed by atoms with Crippen LogP contribution in [0.2, 0.25) is 0 Å². The van der Waals surface area contributed by atoms with Crippen LogP contribution in [-0.2, 0) is 5.41 Å². The zero-order chi connectivity index (χ0) is 12.3. The highest BCUT2D eigenvalue weighted by atomic mass is 32.1. The summed E-state index contributed by atoms with van der Waals surface area (Å²) in [4.78, 5) is 8.90. The number of nitrogens with zero attached hydrogens (tertiary/aromatic N) is 4. The van der Waals surface area contributed by atoms with Crippen LogP contribution in [-0.4, -0.2) is 48.5 Å². The first-order chi connectivity index (χ1) is 7.30. The lowest BCUT2D eigenvalue weighted by molar-refractivity contribution is 0.416. The van der Waals surface area contributed by atoms with Crippen LogP contribution >= 0.6 is 11.5 Å². The summed E-state index contributed by atoms with van der Waals surface area (Å²) in [5.74, 6) is 0.934. The molecule has 0 aromatic carbocycles. The molecule has 1 heterocycles. The summed E-state index contributed by atoms with van der Waals surface area (Å²) in [6.45, 7) is 8.42. The molecule has 0 N–H and O–H groups in total. The molecule has 0 fully saturated rings. The van der Waals surface area contributed by atoms with E-state index in [0.717, 1.165) is 24.0 Å². The molecule has 0 saturated heterocycles. The highest BCUT2D eigenvalue weighted by Gasteiger charge is 2.20. The van der Waals surface area contributed by atoms with E-state index in [9.17, 15) is 0 Å². The van der Waals surface area contributed by atoms with Crippen LogP contribution in [0.1, 0.15) is 26.6 Å². The third-order valence-electron chi connectivity index (χ3n) is 2.30. The number of rotatable bonds is 4. The van der Waals surface area contributed by atoms with Crippen molar-refractivity contribution in [2.24, 2.45) is 0 Å². The lowest BCUT2D eigenvalue weighted by Crippen LogP contribution is -2.28. The largest absolute Gasteiger partial charge is 0.349 e. The van der Waals surface area contributed by atoms with Gasteiger partial charge in [0.05, 0.1) is 0 Å². The Morgan fingerprint density at radius 3 is 2.19 bits per heavy atom. The maximum Gasteiger partial charge on any atom is 0.205 e. The van der Waals surface area contributed by atoms with Gasteiger partial charge in [-0.2, -0.15) is 4.37 Å². The van der Waals surface area contributed by atoms with Crippen molar-refractivity contribution in [1.82, 2.24) is 14.3 Å². The van der Waals surface area contributed by atoms with Gasteiger partial charge < -0.3 is 9.80 Å². The summed E-state index contributed by atoms with van der Waals surface area (Å²) >= 11 is 1.48. The van der Waals surface area contributed by atoms with Gasteiger partial charge in [0.2, 0.25) is 5.13 Å². The average Bonchev–Trinajstić information content (AvgIpc) is 2.61. The van der Waals surface area contributed by atoms with Gasteiger partial charge in [-0.1, -0.05) is 20.8 Å². The molecule has 0 amide bonds. The minimum atomic E-state index is 0.0388. The molecule has 0 aliphatic rings. The zero-order valence-electron chi connectivity index (χ0n) is 11.1. The van der Waals surface area contributed by atoms with Gasteiger partial charge in [-0.15, -0.1) is 0 Å². The molecule has 0 aliphatic carbocycles. The Morgan fingerprint density at radius 1 is 1.12 bits per heavy atom. The van der Waals surface area contributed by atoms with E-state index >= 15 is 0 Å². The Labute approximate surface area is 102 Å². The summed E-state index contributed by atoms with van der Waals surface area (Å²) in [5.41, 5.74) is 0.0388. The van der Waals surface area contributed by atoms with E-state index in [-0.39, 0.29) is 5.41 Å². The Bertz CT molecular complexity index is 327. The molecule has 1 rings (SSSR count). The van der Waals surface area contributed by atoms with Crippen molar-refractivity contribution in [3.05, 3.63) is 5.82 Å². The van der Waals surface area contributed by atoms with Gasteiger partial charge in [0.1, 0.15) is 5.82 Å². The fraction of sp³-hybridized carbons (Fsp3) is 0.818. The molecule has 1 aromatic rings. The molecular formula is C11H22N4S. The normalized spacial score (nSPS) is 12.2. The lowest BCUT2D eigenvalue weighted by Gasteiger charge is -2.18. The van der Waals surface area contributed by atoms with E-state index in [1.165, 1.54) is 11.5 Å². The minimum Gasteiger partial charge on any atom is -0.349 e. The van der Waals surface area contributed by atoms with Crippen molar-refractivity contribution in [3.63, 3.8) is 0 Å². The van der Waals surface area contributed by atoms with Gasteiger partial charge in [0.25, 0.3) is 0 Å². The van der Waals surface area contributed by atoms with Crippen molar-refractivity contribution in [2.45, 2.75) is 26.2 Å².